The molecule has 0 saturated carbocycles. The predicted octanol–water partition coefficient (Wildman–Crippen LogP) is 5.65. The lowest BCUT2D eigenvalue weighted by atomic mass is 9.78. The minimum Gasteiger partial charge on any atom is -0.444 e. The molecule has 0 bridgehead atoms. The van der Waals surface area contributed by atoms with E-state index in [1.807, 2.05) is 56.0 Å². The number of anilines is 1. The third kappa shape index (κ3) is 5.97. The number of rotatable bonds is 3. The molecule has 2 atom stereocenters. The van der Waals surface area contributed by atoms with Crippen LogP contribution in [-0.4, -0.2) is 66.7 Å². The third-order valence-electron chi connectivity index (χ3n) is 7.27. The molecular weight excluding hydrogens is 474 g/mol. The summed E-state index contributed by atoms with van der Waals surface area (Å²) in [6.07, 6.45) is 0.395. The van der Waals surface area contributed by atoms with Crippen LogP contribution in [0.25, 0.3) is 0 Å². The molecule has 2 aromatic carbocycles. The van der Waals surface area contributed by atoms with Gasteiger partial charge in [0.2, 0.25) is 5.91 Å². The standard InChI is InChI=1S/C29H38ClN3O3/c1-20-8-6-7-9-23(20)24-12-13-33(28(35)36-29(3,4)5)19-25(24)27(34)32-16-14-31(15-17-32)26-18-22(30)11-10-21(26)2/h6-11,18,24-25H,12-17,19H2,1-5H3. The van der Waals surface area contributed by atoms with Crippen LogP contribution >= 0.6 is 11.6 Å². The van der Waals surface area contributed by atoms with Crippen molar-refractivity contribution in [2.24, 2.45) is 5.92 Å². The summed E-state index contributed by atoms with van der Waals surface area (Å²) in [5.41, 5.74) is 4.12. The molecule has 0 radical (unpaired) electrons. The molecule has 194 valence electrons. The van der Waals surface area contributed by atoms with Gasteiger partial charge in [-0.2, -0.15) is 0 Å². The Labute approximate surface area is 220 Å². The maximum absolute atomic E-state index is 14.0. The zero-order valence-electron chi connectivity index (χ0n) is 22.1. The van der Waals surface area contributed by atoms with Crippen LogP contribution in [-0.2, 0) is 9.53 Å². The SMILES string of the molecule is Cc1ccccc1C1CCN(C(=O)OC(C)(C)C)CC1C(=O)N1CCN(c2cc(Cl)ccc2C)CC1. The van der Waals surface area contributed by atoms with Gasteiger partial charge in [-0.1, -0.05) is 41.9 Å². The van der Waals surface area contributed by atoms with E-state index < -0.39 is 5.60 Å². The van der Waals surface area contributed by atoms with E-state index in [1.165, 1.54) is 16.7 Å². The van der Waals surface area contributed by atoms with Crippen LogP contribution in [0.2, 0.25) is 5.02 Å². The number of carbonyl (C=O) groups is 2. The van der Waals surface area contributed by atoms with E-state index in [1.54, 1.807) is 4.90 Å². The number of nitrogens with zero attached hydrogens (tertiary/aromatic N) is 3. The molecule has 7 heteroatoms. The van der Waals surface area contributed by atoms with Gasteiger partial charge in [-0.25, -0.2) is 4.79 Å². The summed E-state index contributed by atoms with van der Waals surface area (Å²) in [6, 6.07) is 14.2. The number of ether oxygens (including phenoxy) is 1. The Bertz CT molecular complexity index is 1110. The molecule has 0 aromatic heterocycles. The average Bonchev–Trinajstić information content (AvgIpc) is 2.84. The average molecular weight is 512 g/mol. The van der Waals surface area contributed by atoms with Crippen molar-refractivity contribution in [2.75, 3.05) is 44.2 Å². The van der Waals surface area contributed by atoms with E-state index >= 15 is 0 Å². The Balaban J connectivity index is 1.52. The van der Waals surface area contributed by atoms with Gasteiger partial charge in [-0.05, 0) is 75.8 Å². The highest BCUT2D eigenvalue weighted by atomic mass is 35.5. The fourth-order valence-electron chi connectivity index (χ4n) is 5.40. The number of hydrogen-bond acceptors (Lipinski definition) is 4. The maximum atomic E-state index is 14.0. The second-order valence-electron chi connectivity index (χ2n) is 11.0. The van der Waals surface area contributed by atoms with Crippen LogP contribution in [0.3, 0.4) is 0 Å². The first-order valence-electron chi connectivity index (χ1n) is 12.9. The molecule has 2 heterocycles. The molecule has 2 aliphatic rings. The van der Waals surface area contributed by atoms with Crippen molar-refractivity contribution in [1.82, 2.24) is 9.80 Å². The van der Waals surface area contributed by atoms with Gasteiger partial charge in [0.1, 0.15) is 5.60 Å². The summed E-state index contributed by atoms with van der Waals surface area (Å²) in [5, 5.41) is 0.722. The lowest BCUT2D eigenvalue weighted by Gasteiger charge is -2.43. The Morgan fingerprint density at radius 1 is 0.917 bits per heavy atom. The monoisotopic (exact) mass is 511 g/mol. The van der Waals surface area contributed by atoms with Crippen molar-refractivity contribution in [3.05, 3.63) is 64.2 Å². The number of piperidine rings is 1. The van der Waals surface area contributed by atoms with Gasteiger partial charge in [0, 0.05) is 50.0 Å². The number of halogens is 1. The molecule has 0 spiro atoms. The normalized spacial score (nSPS) is 20.9. The van der Waals surface area contributed by atoms with Crippen molar-refractivity contribution in [1.29, 1.82) is 0 Å². The lowest BCUT2D eigenvalue weighted by molar-refractivity contribution is -0.138. The van der Waals surface area contributed by atoms with Crippen molar-refractivity contribution < 1.29 is 14.3 Å². The Morgan fingerprint density at radius 2 is 1.61 bits per heavy atom. The minimum absolute atomic E-state index is 0.0746. The van der Waals surface area contributed by atoms with E-state index in [0.717, 1.165) is 30.2 Å². The lowest BCUT2D eigenvalue weighted by Crippen LogP contribution is -2.55. The van der Waals surface area contributed by atoms with Crippen molar-refractivity contribution in [2.45, 2.75) is 52.6 Å². The Hall–Kier alpha value is -2.73. The summed E-state index contributed by atoms with van der Waals surface area (Å²) >= 11 is 6.25. The van der Waals surface area contributed by atoms with Crippen molar-refractivity contribution in [3.63, 3.8) is 0 Å². The summed E-state index contributed by atoms with van der Waals surface area (Å²) < 4.78 is 5.64. The summed E-state index contributed by atoms with van der Waals surface area (Å²) in [6.45, 7) is 13.6. The summed E-state index contributed by atoms with van der Waals surface area (Å²) in [7, 11) is 0. The largest absolute Gasteiger partial charge is 0.444 e. The molecule has 2 aliphatic heterocycles. The number of carbonyl (C=O) groups excluding carboxylic acids is 2. The van der Waals surface area contributed by atoms with E-state index in [4.69, 9.17) is 16.3 Å². The van der Waals surface area contributed by atoms with E-state index in [0.29, 0.717) is 26.2 Å². The highest BCUT2D eigenvalue weighted by Crippen LogP contribution is 2.37. The van der Waals surface area contributed by atoms with Crippen molar-refractivity contribution in [3.8, 4) is 0 Å². The Kier molecular flexibility index (Phi) is 7.84. The first kappa shape index (κ1) is 26.3. The van der Waals surface area contributed by atoms with Crippen LogP contribution in [0.15, 0.2) is 42.5 Å². The molecule has 2 fully saturated rings. The molecule has 4 rings (SSSR count). The van der Waals surface area contributed by atoms with E-state index in [2.05, 4.69) is 30.9 Å². The number of likely N-dealkylation sites (tertiary alicyclic amines) is 1. The number of piperazine rings is 1. The van der Waals surface area contributed by atoms with Crippen LogP contribution in [0, 0.1) is 19.8 Å². The van der Waals surface area contributed by atoms with Gasteiger partial charge < -0.3 is 19.4 Å². The second kappa shape index (κ2) is 10.7. The van der Waals surface area contributed by atoms with Gasteiger partial charge in [0.05, 0.1) is 5.92 Å². The maximum Gasteiger partial charge on any atom is 0.410 e. The van der Waals surface area contributed by atoms with Gasteiger partial charge in [0.15, 0.2) is 0 Å². The third-order valence-corrected chi connectivity index (χ3v) is 7.51. The van der Waals surface area contributed by atoms with Gasteiger partial charge in [0.25, 0.3) is 0 Å². The van der Waals surface area contributed by atoms with Crippen LogP contribution in [0.1, 0.15) is 49.8 Å². The highest BCUT2D eigenvalue weighted by molar-refractivity contribution is 6.30. The van der Waals surface area contributed by atoms with Gasteiger partial charge in [-0.15, -0.1) is 0 Å². The summed E-state index contributed by atoms with van der Waals surface area (Å²) in [4.78, 5) is 32.9. The molecule has 6 nitrogen and oxygen atoms in total. The minimum atomic E-state index is -0.571. The quantitative estimate of drug-likeness (QED) is 0.534. The Morgan fingerprint density at radius 3 is 2.28 bits per heavy atom. The molecule has 2 saturated heterocycles. The topological polar surface area (TPSA) is 53.1 Å². The molecular formula is C29H38ClN3O3. The predicted molar refractivity (Wildman–Crippen MR) is 145 cm³/mol. The zero-order chi connectivity index (χ0) is 26.0. The van der Waals surface area contributed by atoms with E-state index in [9.17, 15) is 9.59 Å². The number of benzene rings is 2. The van der Waals surface area contributed by atoms with Crippen LogP contribution in [0.5, 0.6) is 0 Å². The van der Waals surface area contributed by atoms with Crippen molar-refractivity contribution >= 4 is 29.3 Å². The molecule has 0 N–H and O–H groups in total. The molecule has 0 aliphatic carbocycles. The first-order chi connectivity index (χ1) is 17.0. The molecule has 2 unspecified atom stereocenters. The second-order valence-corrected chi connectivity index (χ2v) is 11.5. The fraction of sp³-hybridized carbons (Fsp3) is 0.517. The van der Waals surface area contributed by atoms with Crippen LogP contribution in [0.4, 0.5) is 10.5 Å². The molecule has 2 aromatic rings. The molecule has 36 heavy (non-hydrogen) atoms. The zero-order valence-corrected chi connectivity index (χ0v) is 22.8. The van der Waals surface area contributed by atoms with Gasteiger partial charge in [-0.3, -0.25) is 4.79 Å². The molecule has 2 amide bonds. The van der Waals surface area contributed by atoms with Gasteiger partial charge >= 0.3 is 6.09 Å². The fourth-order valence-corrected chi connectivity index (χ4v) is 5.56. The van der Waals surface area contributed by atoms with E-state index in [-0.39, 0.29) is 23.8 Å². The number of hydrogen-bond donors (Lipinski definition) is 0. The first-order valence-corrected chi connectivity index (χ1v) is 13.2. The summed E-state index contributed by atoms with van der Waals surface area (Å²) in [5.74, 6) is -0.101. The highest BCUT2D eigenvalue weighted by Gasteiger charge is 2.41. The number of amides is 2. The smallest absolute Gasteiger partial charge is 0.410 e. The number of aryl methyl sites for hydroxylation is 2. The van der Waals surface area contributed by atoms with Crippen LogP contribution < -0.4 is 4.90 Å².